The number of ether oxygens (including phenoxy) is 1. The number of aromatic nitrogens is 1. The van der Waals surface area contributed by atoms with Crippen LogP contribution in [0.15, 0.2) is 30.3 Å². The van der Waals surface area contributed by atoms with Crippen molar-refractivity contribution in [2.24, 2.45) is 0 Å². The van der Waals surface area contributed by atoms with Gasteiger partial charge in [0, 0.05) is 29.5 Å². The highest BCUT2D eigenvalue weighted by molar-refractivity contribution is 7.91. The number of carbonyl (C=O) groups is 1. The second-order valence-electron chi connectivity index (χ2n) is 8.03. The van der Waals surface area contributed by atoms with Gasteiger partial charge in [-0.3, -0.25) is 9.69 Å². The second-order valence-corrected chi connectivity index (χ2v) is 10.3. The third kappa shape index (κ3) is 5.28. The maximum atomic E-state index is 12.8. The van der Waals surface area contributed by atoms with Crippen LogP contribution in [0.25, 0.3) is 0 Å². The van der Waals surface area contributed by atoms with E-state index in [1.165, 1.54) is 5.56 Å². The lowest BCUT2D eigenvalue weighted by molar-refractivity contribution is 0.0937. The fourth-order valence-electron chi connectivity index (χ4n) is 3.96. The van der Waals surface area contributed by atoms with Crippen molar-refractivity contribution >= 4 is 15.6 Å². The van der Waals surface area contributed by atoms with Crippen LogP contribution < -0.4 is 4.74 Å². The second kappa shape index (κ2) is 8.71. The molecule has 29 heavy (non-hydrogen) atoms. The summed E-state index contributed by atoms with van der Waals surface area (Å²) in [6, 6.07) is 9.72. The predicted molar refractivity (Wildman–Crippen MR) is 115 cm³/mol. The van der Waals surface area contributed by atoms with Crippen molar-refractivity contribution in [3.05, 3.63) is 52.8 Å². The van der Waals surface area contributed by atoms with Gasteiger partial charge in [0.25, 0.3) is 0 Å². The van der Waals surface area contributed by atoms with Gasteiger partial charge < -0.3 is 9.30 Å². The van der Waals surface area contributed by atoms with Gasteiger partial charge in [0.2, 0.25) is 0 Å². The third-order valence-electron chi connectivity index (χ3n) is 5.53. The van der Waals surface area contributed by atoms with Crippen LogP contribution in [0.4, 0.5) is 0 Å². The summed E-state index contributed by atoms with van der Waals surface area (Å²) < 4.78 is 31.5. The minimum absolute atomic E-state index is 0.0445. The number of carbonyl (C=O) groups excluding carboxylic acids is 1. The summed E-state index contributed by atoms with van der Waals surface area (Å²) in [5.41, 5.74) is 3.67. The van der Waals surface area contributed by atoms with Crippen molar-refractivity contribution in [2.45, 2.75) is 33.2 Å². The molecular weight excluding hydrogens is 388 g/mol. The van der Waals surface area contributed by atoms with Gasteiger partial charge in [-0.2, -0.15) is 0 Å². The molecule has 1 aromatic heterocycles. The van der Waals surface area contributed by atoms with Crippen LogP contribution in [0.3, 0.4) is 0 Å². The van der Waals surface area contributed by atoms with E-state index in [-0.39, 0.29) is 23.3 Å². The first-order chi connectivity index (χ1) is 13.7. The normalized spacial score (nSPS) is 18.3. The number of Topliss-reactive ketones (excluding diaryl/α,β-unsaturated/α-hetero) is 1. The van der Waals surface area contributed by atoms with Crippen LogP contribution in [0.1, 0.15) is 39.8 Å². The predicted octanol–water partition coefficient (Wildman–Crippen LogP) is 2.97. The summed E-state index contributed by atoms with van der Waals surface area (Å²) in [5.74, 6) is 1.25. The highest BCUT2D eigenvalue weighted by Gasteiger charge is 2.31. The third-order valence-corrected chi connectivity index (χ3v) is 7.28. The summed E-state index contributed by atoms with van der Waals surface area (Å²) in [7, 11) is -1.07. The fourth-order valence-corrected chi connectivity index (χ4v) is 5.66. The molecule has 2 heterocycles. The summed E-state index contributed by atoms with van der Waals surface area (Å²) in [6.45, 7) is 7.32. The van der Waals surface area contributed by atoms with E-state index < -0.39 is 9.84 Å². The molecule has 0 radical (unpaired) electrons. The molecule has 0 aliphatic carbocycles. The Morgan fingerprint density at radius 1 is 1.21 bits per heavy atom. The van der Waals surface area contributed by atoms with Gasteiger partial charge >= 0.3 is 0 Å². The van der Waals surface area contributed by atoms with E-state index in [2.05, 4.69) is 0 Å². The number of ketones is 1. The Labute approximate surface area is 173 Å². The fraction of sp³-hybridized carbons (Fsp3) is 0.500. The SMILES string of the molecule is Cc1ccc(OCCN(C)CC(=O)c2cc(C)n(C3CCS(=O)(=O)C3)c2C)cc1. The summed E-state index contributed by atoms with van der Waals surface area (Å²) in [5, 5.41) is 0. The van der Waals surface area contributed by atoms with Gasteiger partial charge in [-0.05, 0) is 52.4 Å². The molecule has 1 atom stereocenters. The largest absolute Gasteiger partial charge is 0.492 e. The Balaban J connectivity index is 1.57. The lowest BCUT2D eigenvalue weighted by Crippen LogP contribution is -2.30. The molecule has 0 saturated carbocycles. The number of aryl methyl sites for hydroxylation is 2. The molecule has 0 spiro atoms. The lowest BCUT2D eigenvalue weighted by Gasteiger charge is -2.18. The van der Waals surface area contributed by atoms with Crippen LogP contribution in [0.2, 0.25) is 0 Å². The van der Waals surface area contributed by atoms with Crippen molar-refractivity contribution in [1.29, 1.82) is 0 Å². The van der Waals surface area contributed by atoms with Crippen LogP contribution in [-0.2, 0) is 9.84 Å². The number of benzene rings is 1. The number of hydrogen-bond donors (Lipinski definition) is 0. The van der Waals surface area contributed by atoms with Crippen LogP contribution in [0, 0.1) is 20.8 Å². The number of hydrogen-bond acceptors (Lipinski definition) is 5. The van der Waals surface area contributed by atoms with Gasteiger partial charge in [-0.25, -0.2) is 8.42 Å². The zero-order valence-corrected chi connectivity index (χ0v) is 18.5. The molecule has 1 unspecified atom stereocenters. The Bertz CT molecular complexity index is 977. The Morgan fingerprint density at radius 3 is 2.52 bits per heavy atom. The minimum Gasteiger partial charge on any atom is -0.492 e. The molecule has 7 heteroatoms. The quantitative estimate of drug-likeness (QED) is 0.617. The van der Waals surface area contributed by atoms with Gasteiger partial charge in [0.1, 0.15) is 12.4 Å². The molecule has 0 bridgehead atoms. The smallest absolute Gasteiger partial charge is 0.178 e. The molecular formula is C22H30N2O4S. The van der Waals surface area contributed by atoms with Gasteiger partial charge in [0.05, 0.1) is 18.1 Å². The van der Waals surface area contributed by atoms with Crippen molar-refractivity contribution in [3.63, 3.8) is 0 Å². The highest BCUT2D eigenvalue weighted by atomic mass is 32.2. The van der Waals surface area contributed by atoms with Crippen LogP contribution >= 0.6 is 0 Å². The molecule has 6 nitrogen and oxygen atoms in total. The molecule has 3 rings (SSSR count). The molecule has 2 aromatic rings. The Morgan fingerprint density at radius 2 is 1.90 bits per heavy atom. The number of nitrogens with zero attached hydrogens (tertiary/aromatic N) is 2. The summed E-state index contributed by atoms with van der Waals surface area (Å²) >= 11 is 0. The zero-order valence-electron chi connectivity index (χ0n) is 17.6. The van der Waals surface area contributed by atoms with Crippen LogP contribution in [-0.4, -0.2) is 61.9 Å². The zero-order chi connectivity index (χ0) is 21.2. The maximum absolute atomic E-state index is 12.8. The lowest BCUT2D eigenvalue weighted by atomic mass is 10.1. The molecule has 1 fully saturated rings. The van der Waals surface area contributed by atoms with Gasteiger partial charge in [-0.15, -0.1) is 0 Å². The van der Waals surface area contributed by atoms with E-state index in [1.54, 1.807) is 0 Å². The van der Waals surface area contributed by atoms with Gasteiger partial charge in [-0.1, -0.05) is 17.7 Å². The number of sulfone groups is 1. The number of rotatable bonds is 8. The van der Waals surface area contributed by atoms with E-state index in [1.807, 2.05) is 67.6 Å². The van der Waals surface area contributed by atoms with E-state index in [9.17, 15) is 13.2 Å². The molecule has 1 saturated heterocycles. The first-order valence-electron chi connectivity index (χ1n) is 9.96. The Kier molecular flexibility index (Phi) is 6.49. The van der Waals surface area contributed by atoms with Crippen molar-refractivity contribution in [2.75, 3.05) is 38.2 Å². The molecule has 158 valence electrons. The molecule has 1 aliphatic heterocycles. The molecule has 0 N–H and O–H groups in total. The van der Waals surface area contributed by atoms with Crippen LogP contribution in [0.5, 0.6) is 5.75 Å². The van der Waals surface area contributed by atoms with E-state index in [0.29, 0.717) is 31.7 Å². The average Bonchev–Trinajstić information content (AvgIpc) is 3.14. The highest BCUT2D eigenvalue weighted by Crippen LogP contribution is 2.29. The molecule has 1 aliphatic rings. The van der Waals surface area contributed by atoms with Crippen molar-refractivity contribution < 1.29 is 17.9 Å². The minimum atomic E-state index is -2.97. The maximum Gasteiger partial charge on any atom is 0.178 e. The first-order valence-corrected chi connectivity index (χ1v) is 11.8. The van der Waals surface area contributed by atoms with Gasteiger partial charge in [0.15, 0.2) is 15.6 Å². The first kappa shape index (κ1) is 21.6. The van der Waals surface area contributed by atoms with E-state index in [0.717, 1.165) is 17.1 Å². The topological polar surface area (TPSA) is 68.6 Å². The van der Waals surface area contributed by atoms with E-state index >= 15 is 0 Å². The standard InChI is InChI=1S/C22H30N2O4S/c1-16-5-7-20(8-6-16)28-11-10-23(4)14-22(25)21-13-17(2)24(18(21)3)19-9-12-29(26,27)15-19/h5-8,13,19H,9-12,14-15H2,1-4H3. The van der Waals surface area contributed by atoms with Crippen molar-refractivity contribution in [1.82, 2.24) is 9.47 Å². The average molecular weight is 419 g/mol. The number of likely N-dealkylation sites (N-methyl/N-ethyl adjacent to an activating group) is 1. The Hall–Kier alpha value is -2.12. The monoisotopic (exact) mass is 418 g/mol. The summed E-state index contributed by atoms with van der Waals surface area (Å²) in [6.07, 6.45) is 0.614. The summed E-state index contributed by atoms with van der Waals surface area (Å²) in [4.78, 5) is 14.8. The van der Waals surface area contributed by atoms with Crippen molar-refractivity contribution in [3.8, 4) is 5.75 Å². The molecule has 1 aromatic carbocycles. The van der Waals surface area contributed by atoms with E-state index in [4.69, 9.17) is 4.74 Å². The molecule has 0 amide bonds.